The van der Waals surface area contributed by atoms with Crippen LogP contribution in [-0.2, 0) is 29.0 Å². The first-order valence-corrected chi connectivity index (χ1v) is 14.0. The van der Waals surface area contributed by atoms with Gasteiger partial charge in [-0.3, -0.25) is 4.98 Å². The maximum Gasteiger partial charge on any atom is 0.418 e. The van der Waals surface area contributed by atoms with Crippen molar-refractivity contribution >= 4 is 20.9 Å². The summed E-state index contributed by atoms with van der Waals surface area (Å²) in [6.45, 7) is 0.310. The minimum atomic E-state index is -4.54. The van der Waals surface area contributed by atoms with E-state index in [1.165, 1.54) is 24.4 Å². The largest absolute Gasteiger partial charge is 0.493 e. The number of aromatic nitrogens is 1. The van der Waals surface area contributed by atoms with Crippen molar-refractivity contribution in [2.45, 2.75) is 23.9 Å². The smallest absolute Gasteiger partial charge is 0.418 e. The SMILES string of the molecule is NS(=O)(=O)c1ccc(CCOc2cccc(-c3c(Cc4ccccc4)cnc4c(C(F)(F)F)cccc34)c2)cc1. The number of rotatable bonds is 8. The number of hydrogen-bond acceptors (Lipinski definition) is 4. The van der Waals surface area contributed by atoms with Crippen LogP contribution >= 0.6 is 0 Å². The topological polar surface area (TPSA) is 82.3 Å². The minimum Gasteiger partial charge on any atom is -0.493 e. The molecule has 4 aromatic carbocycles. The van der Waals surface area contributed by atoms with Gasteiger partial charge in [0.25, 0.3) is 0 Å². The van der Waals surface area contributed by atoms with Crippen LogP contribution in [0.25, 0.3) is 22.0 Å². The van der Waals surface area contributed by atoms with E-state index in [1.54, 1.807) is 30.3 Å². The Morgan fingerprint density at radius 2 is 1.55 bits per heavy atom. The molecule has 0 aliphatic rings. The van der Waals surface area contributed by atoms with E-state index in [9.17, 15) is 21.6 Å². The number of sulfonamides is 1. The van der Waals surface area contributed by atoms with E-state index < -0.39 is 21.8 Å². The van der Waals surface area contributed by atoms with Crippen molar-refractivity contribution in [3.05, 3.63) is 126 Å². The average molecular weight is 563 g/mol. The second-order valence-corrected chi connectivity index (χ2v) is 10.9. The molecule has 2 N–H and O–H groups in total. The highest BCUT2D eigenvalue weighted by Crippen LogP contribution is 2.39. The standard InChI is InChI=1S/C31H25F3N2O3S/c32-31(33,34)28-11-5-10-27-29(24(20-36-30(27)28)18-22-6-2-1-3-7-22)23-8-4-9-25(19-23)39-17-16-21-12-14-26(15-13-21)40(35,37)38/h1-15,19-20H,16-18H2,(H2,35,37,38). The van der Waals surface area contributed by atoms with E-state index in [4.69, 9.17) is 9.88 Å². The molecule has 0 atom stereocenters. The van der Waals surface area contributed by atoms with Crippen molar-refractivity contribution in [3.8, 4) is 16.9 Å². The maximum absolute atomic E-state index is 13.8. The zero-order valence-corrected chi connectivity index (χ0v) is 22.0. The number of pyridine rings is 1. The van der Waals surface area contributed by atoms with Crippen molar-refractivity contribution in [2.75, 3.05) is 6.61 Å². The third-order valence-corrected chi connectivity index (χ3v) is 7.48. The van der Waals surface area contributed by atoms with Crippen LogP contribution in [0.2, 0.25) is 0 Å². The number of hydrogen-bond donors (Lipinski definition) is 1. The third kappa shape index (κ3) is 6.16. The Balaban J connectivity index is 1.48. The lowest BCUT2D eigenvalue weighted by atomic mass is 9.92. The predicted molar refractivity (Wildman–Crippen MR) is 148 cm³/mol. The molecule has 5 aromatic rings. The monoisotopic (exact) mass is 562 g/mol. The molecule has 0 aliphatic carbocycles. The number of para-hydroxylation sites is 1. The molecule has 0 fully saturated rings. The second-order valence-electron chi connectivity index (χ2n) is 9.34. The fourth-order valence-corrected chi connectivity index (χ4v) is 5.17. The van der Waals surface area contributed by atoms with Crippen LogP contribution in [0.5, 0.6) is 5.75 Å². The zero-order chi connectivity index (χ0) is 28.3. The number of nitrogens with zero attached hydrogens (tertiary/aromatic N) is 1. The highest BCUT2D eigenvalue weighted by molar-refractivity contribution is 7.89. The Kier molecular flexibility index (Phi) is 7.60. The molecular weight excluding hydrogens is 537 g/mol. The van der Waals surface area contributed by atoms with Crippen molar-refractivity contribution in [1.82, 2.24) is 4.98 Å². The molecule has 0 radical (unpaired) electrons. The van der Waals surface area contributed by atoms with Crippen molar-refractivity contribution < 1.29 is 26.3 Å². The minimum absolute atomic E-state index is 0.0365. The molecule has 0 saturated heterocycles. The van der Waals surface area contributed by atoms with Gasteiger partial charge in [0, 0.05) is 18.0 Å². The molecule has 0 saturated carbocycles. The Bertz CT molecular complexity index is 1760. The molecule has 9 heteroatoms. The lowest BCUT2D eigenvalue weighted by Crippen LogP contribution is -2.12. The highest BCUT2D eigenvalue weighted by atomic mass is 32.2. The quantitative estimate of drug-likeness (QED) is 0.226. The van der Waals surface area contributed by atoms with E-state index in [0.29, 0.717) is 41.7 Å². The summed E-state index contributed by atoms with van der Waals surface area (Å²) in [5, 5.41) is 5.56. The summed E-state index contributed by atoms with van der Waals surface area (Å²) in [6.07, 6.45) is -2.00. The van der Waals surface area contributed by atoms with Gasteiger partial charge in [-0.15, -0.1) is 0 Å². The first kappa shape index (κ1) is 27.4. The average Bonchev–Trinajstić information content (AvgIpc) is 2.92. The van der Waals surface area contributed by atoms with Crippen molar-refractivity contribution in [3.63, 3.8) is 0 Å². The maximum atomic E-state index is 13.8. The lowest BCUT2D eigenvalue weighted by molar-refractivity contribution is -0.136. The summed E-state index contributed by atoms with van der Waals surface area (Å²) in [6, 6.07) is 27.3. The zero-order valence-electron chi connectivity index (χ0n) is 21.2. The van der Waals surface area contributed by atoms with Crippen LogP contribution in [0.1, 0.15) is 22.3 Å². The molecule has 40 heavy (non-hydrogen) atoms. The molecule has 0 bridgehead atoms. The van der Waals surface area contributed by atoms with Crippen LogP contribution in [-0.4, -0.2) is 20.0 Å². The molecule has 1 heterocycles. The van der Waals surface area contributed by atoms with E-state index in [1.807, 2.05) is 42.5 Å². The summed E-state index contributed by atoms with van der Waals surface area (Å²) in [4.78, 5) is 4.30. The fourth-order valence-electron chi connectivity index (χ4n) is 4.66. The van der Waals surface area contributed by atoms with E-state index in [2.05, 4.69) is 4.98 Å². The second kappa shape index (κ2) is 11.1. The van der Waals surface area contributed by atoms with Crippen molar-refractivity contribution in [1.29, 1.82) is 0 Å². The first-order valence-electron chi connectivity index (χ1n) is 12.5. The van der Waals surface area contributed by atoms with Gasteiger partial charge >= 0.3 is 6.18 Å². The molecule has 1 aromatic heterocycles. The molecule has 204 valence electrons. The third-order valence-electron chi connectivity index (χ3n) is 6.55. The molecular formula is C31H25F3N2O3S. The van der Waals surface area contributed by atoms with Crippen LogP contribution in [0.4, 0.5) is 13.2 Å². The molecule has 5 rings (SSSR count). The van der Waals surface area contributed by atoms with E-state index in [0.717, 1.165) is 22.8 Å². The van der Waals surface area contributed by atoms with Gasteiger partial charge in [-0.05, 0) is 64.6 Å². The van der Waals surface area contributed by atoms with Gasteiger partial charge in [-0.25, -0.2) is 13.6 Å². The first-order chi connectivity index (χ1) is 19.1. The number of nitrogens with two attached hydrogens (primary N) is 1. The summed E-state index contributed by atoms with van der Waals surface area (Å²) in [7, 11) is -3.76. The van der Waals surface area contributed by atoms with Crippen molar-refractivity contribution in [2.24, 2.45) is 5.14 Å². The Labute approximate surface area is 230 Å². The van der Waals surface area contributed by atoms with Crippen LogP contribution in [0, 0.1) is 0 Å². The van der Waals surface area contributed by atoms with Gasteiger partial charge in [0.2, 0.25) is 10.0 Å². The number of ether oxygens (including phenoxy) is 1. The fraction of sp³-hybridized carbons (Fsp3) is 0.129. The van der Waals surface area contributed by atoms with Gasteiger partial charge < -0.3 is 4.74 Å². The van der Waals surface area contributed by atoms with Gasteiger partial charge in [0.05, 0.1) is 22.6 Å². The molecule has 5 nitrogen and oxygen atoms in total. The highest BCUT2D eigenvalue weighted by Gasteiger charge is 2.33. The summed E-state index contributed by atoms with van der Waals surface area (Å²) < 4.78 is 70.4. The Hall–Kier alpha value is -4.21. The van der Waals surface area contributed by atoms with Crippen LogP contribution < -0.4 is 9.88 Å². The van der Waals surface area contributed by atoms with Crippen LogP contribution in [0.15, 0.2) is 108 Å². The van der Waals surface area contributed by atoms with E-state index in [-0.39, 0.29) is 10.4 Å². The summed E-state index contributed by atoms with van der Waals surface area (Å²) >= 11 is 0. The Morgan fingerprint density at radius 1 is 0.825 bits per heavy atom. The van der Waals surface area contributed by atoms with Crippen LogP contribution in [0.3, 0.4) is 0 Å². The number of halogens is 3. The normalized spacial score (nSPS) is 12.0. The van der Waals surface area contributed by atoms with E-state index >= 15 is 0 Å². The number of primary sulfonamides is 1. The van der Waals surface area contributed by atoms with Gasteiger partial charge in [-0.1, -0.05) is 66.7 Å². The molecule has 0 unspecified atom stereocenters. The molecule has 0 spiro atoms. The number of alkyl halides is 3. The number of benzene rings is 4. The van der Waals surface area contributed by atoms with Gasteiger partial charge in [0.15, 0.2) is 0 Å². The predicted octanol–water partition coefficient (Wildman–Crippen LogP) is 6.78. The Morgan fingerprint density at radius 3 is 2.25 bits per heavy atom. The van der Waals surface area contributed by atoms with Gasteiger partial charge in [0.1, 0.15) is 5.75 Å². The summed E-state index contributed by atoms with van der Waals surface area (Å²) in [5.41, 5.74) is 3.18. The lowest BCUT2D eigenvalue weighted by Gasteiger charge is -2.17. The van der Waals surface area contributed by atoms with Gasteiger partial charge in [-0.2, -0.15) is 13.2 Å². The number of fused-ring (bicyclic) bond motifs is 1. The molecule has 0 amide bonds. The summed E-state index contributed by atoms with van der Waals surface area (Å²) in [5.74, 6) is 0.557. The molecule has 0 aliphatic heterocycles.